The number of hydrogen-bond donors (Lipinski definition) is 2. The van der Waals surface area contributed by atoms with Gasteiger partial charge in [0.1, 0.15) is 11.5 Å². The number of nitrogens with zero attached hydrogens (tertiary/aromatic N) is 2. The third-order valence-corrected chi connectivity index (χ3v) is 3.33. The first-order chi connectivity index (χ1) is 10.4. The zero-order chi connectivity index (χ0) is 16.3. The molecule has 116 valence electrons. The zero-order valence-corrected chi connectivity index (χ0v) is 12.2. The zero-order valence-electron chi connectivity index (χ0n) is 12.2. The molecule has 0 aliphatic rings. The summed E-state index contributed by atoms with van der Waals surface area (Å²) in [4.78, 5) is 22.8. The number of carbonyl (C=O) groups is 2. The predicted molar refractivity (Wildman–Crippen MR) is 77.4 cm³/mol. The average Bonchev–Trinajstić information content (AvgIpc) is 2.86. The molecular weight excluding hydrogens is 289 g/mol. The fraction of sp³-hybridized carbons (Fsp3) is 0.267. The van der Waals surface area contributed by atoms with Crippen LogP contribution < -0.4 is 5.32 Å². The predicted octanol–water partition coefficient (Wildman–Crippen LogP) is 1.77. The van der Waals surface area contributed by atoms with E-state index >= 15 is 0 Å². The number of carbonyl (C=O) groups excluding carboxylic acids is 1. The summed E-state index contributed by atoms with van der Waals surface area (Å²) in [6, 6.07) is 6.11. The van der Waals surface area contributed by atoms with E-state index in [1.54, 1.807) is 25.1 Å². The number of hydrogen-bond acceptors (Lipinski definition) is 3. The normalized spacial score (nSPS) is 12.0. The quantitative estimate of drug-likeness (QED) is 0.881. The molecule has 0 spiro atoms. The first-order valence-corrected chi connectivity index (χ1v) is 6.72. The second-order valence-corrected chi connectivity index (χ2v) is 4.96. The molecule has 6 nitrogen and oxygen atoms in total. The van der Waals surface area contributed by atoms with Crippen molar-refractivity contribution in [3.05, 3.63) is 47.5 Å². The van der Waals surface area contributed by atoms with Gasteiger partial charge in [0.2, 0.25) is 0 Å². The van der Waals surface area contributed by atoms with Gasteiger partial charge in [0.15, 0.2) is 0 Å². The number of carboxylic acid groups (broad SMARTS) is 1. The summed E-state index contributed by atoms with van der Waals surface area (Å²) in [5, 5.41) is 15.4. The first-order valence-electron chi connectivity index (χ1n) is 6.72. The molecule has 0 fully saturated rings. The minimum Gasteiger partial charge on any atom is -0.481 e. The van der Waals surface area contributed by atoms with Crippen LogP contribution in [0.3, 0.4) is 0 Å². The Morgan fingerprint density at radius 2 is 2.09 bits per heavy atom. The topological polar surface area (TPSA) is 84.2 Å². The Hall–Kier alpha value is -2.70. The minimum atomic E-state index is -0.987. The molecule has 1 atom stereocenters. The fourth-order valence-electron chi connectivity index (χ4n) is 1.93. The van der Waals surface area contributed by atoms with Crippen molar-refractivity contribution in [2.45, 2.75) is 13.8 Å². The molecule has 0 aliphatic carbocycles. The Labute approximate surface area is 126 Å². The Kier molecular flexibility index (Phi) is 4.55. The van der Waals surface area contributed by atoms with E-state index in [2.05, 4.69) is 10.4 Å². The highest BCUT2D eigenvalue weighted by Gasteiger charge is 2.18. The molecule has 0 radical (unpaired) electrons. The van der Waals surface area contributed by atoms with Crippen LogP contribution in [0.5, 0.6) is 0 Å². The van der Waals surface area contributed by atoms with Gasteiger partial charge in [-0.2, -0.15) is 5.10 Å². The molecule has 2 rings (SSSR count). The third-order valence-electron chi connectivity index (χ3n) is 3.33. The van der Waals surface area contributed by atoms with E-state index in [1.807, 2.05) is 0 Å². The Bertz CT molecular complexity index is 712. The van der Waals surface area contributed by atoms with Crippen LogP contribution in [0.2, 0.25) is 0 Å². The maximum atomic E-state index is 13.8. The van der Waals surface area contributed by atoms with E-state index in [0.29, 0.717) is 5.69 Å². The summed E-state index contributed by atoms with van der Waals surface area (Å²) in [5.74, 6) is -2.56. The third kappa shape index (κ3) is 3.13. The highest BCUT2D eigenvalue weighted by molar-refractivity contribution is 5.95. The van der Waals surface area contributed by atoms with E-state index in [4.69, 9.17) is 5.11 Å². The molecule has 0 saturated heterocycles. The number of benzene rings is 1. The van der Waals surface area contributed by atoms with Crippen LogP contribution in [-0.4, -0.2) is 33.3 Å². The van der Waals surface area contributed by atoms with Crippen LogP contribution >= 0.6 is 0 Å². The molecule has 0 saturated carbocycles. The summed E-state index contributed by atoms with van der Waals surface area (Å²) in [6.07, 6.45) is 1.34. The van der Waals surface area contributed by atoms with E-state index < -0.39 is 23.6 Å². The molecule has 1 unspecified atom stereocenters. The average molecular weight is 305 g/mol. The molecule has 1 aromatic heterocycles. The number of halogens is 1. The number of carboxylic acids is 1. The number of amides is 1. The van der Waals surface area contributed by atoms with Crippen LogP contribution in [0.15, 0.2) is 30.5 Å². The van der Waals surface area contributed by atoms with Crippen molar-refractivity contribution >= 4 is 11.9 Å². The fourth-order valence-corrected chi connectivity index (χ4v) is 1.93. The standard InChI is InChI=1S/C15H16FN3O3/c1-9(15(21)22)7-17-14(20)11-8-18-19(10(11)2)13-6-4-3-5-12(13)16/h3-6,8-9H,7H2,1-2H3,(H,17,20)(H,21,22). The molecule has 1 amide bonds. The van der Waals surface area contributed by atoms with Gasteiger partial charge in [0.05, 0.1) is 23.4 Å². The smallest absolute Gasteiger partial charge is 0.308 e. The second kappa shape index (κ2) is 6.38. The molecule has 2 aromatic rings. The Morgan fingerprint density at radius 3 is 2.73 bits per heavy atom. The van der Waals surface area contributed by atoms with Gasteiger partial charge in [-0.3, -0.25) is 9.59 Å². The van der Waals surface area contributed by atoms with Gasteiger partial charge in [-0.15, -0.1) is 0 Å². The SMILES string of the molecule is Cc1c(C(=O)NCC(C)C(=O)O)cnn1-c1ccccc1F. The molecule has 22 heavy (non-hydrogen) atoms. The lowest BCUT2D eigenvalue weighted by molar-refractivity contribution is -0.140. The summed E-state index contributed by atoms with van der Waals surface area (Å²) in [7, 11) is 0. The van der Waals surface area contributed by atoms with Gasteiger partial charge in [-0.1, -0.05) is 19.1 Å². The molecule has 0 aliphatic heterocycles. The van der Waals surface area contributed by atoms with Crippen LogP contribution in [0.25, 0.3) is 5.69 Å². The number of aliphatic carboxylic acids is 1. The first kappa shape index (κ1) is 15.7. The highest BCUT2D eigenvalue weighted by atomic mass is 19.1. The van der Waals surface area contributed by atoms with Crippen molar-refractivity contribution in [3.63, 3.8) is 0 Å². The monoisotopic (exact) mass is 305 g/mol. The Balaban J connectivity index is 2.19. The van der Waals surface area contributed by atoms with Crippen LogP contribution in [0.1, 0.15) is 23.0 Å². The van der Waals surface area contributed by atoms with E-state index in [-0.39, 0.29) is 17.8 Å². The van der Waals surface area contributed by atoms with E-state index in [1.165, 1.54) is 23.9 Å². The maximum absolute atomic E-state index is 13.8. The van der Waals surface area contributed by atoms with Gasteiger partial charge in [-0.05, 0) is 19.1 Å². The minimum absolute atomic E-state index is 0.0124. The molecule has 1 heterocycles. The number of para-hydroxylation sites is 1. The van der Waals surface area contributed by atoms with Gasteiger partial charge in [0.25, 0.3) is 5.91 Å². The molecular formula is C15H16FN3O3. The van der Waals surface area contributed by atoms with Crippen molar-refractivity contribution in [1.29, 1.82) is 0 Å². The molecule has 7 heteroatoms. The lowest BCUT2D eigenvalue weighted by Crippen LogP contribution is -2.31. The van der Waals surface area contributed by atoms with Crippen LogP contribution in [0.4, 0.5) is 4.39 Å². The van der Waals surface area contributed by atoms with Gasteiger partial charge in [-0.25, -0.2) is 9.07 Å². The molecule has 0 bridgehead atoms. The van der Waals surface area contributed by atoms with Crippen LogP contribution in [-0.2, 0) is 4.79 Å². The van der Waals surface area contributed by atoms with Crippen molar-refractivity contribution in [2.24, 2.45) is 5.92 Å². The van der Waals surface area contributed by atoms with Gasteiger partial charge >= 0.3 is 5.97 Å². The van der Waals surface area contributed by atoms with Crippen molar-refractivity contribution in [2.75, 3.05) is 6.54 Å². The largest absolute Gasteiger partial charge is 0.481 e. The summed E-state index contributed by atoms with van der Waals surface area (Å²) in [6.45, 7) is 3.16. The lowest BCUT2D eigenvalue weighted by atomic mass is 10.1. The van der Waals surface area contributed by atoms with E-state index in [0.717, 1.165) is 0 Å². The number of aromatic nitrogens is 2. The maximum Gasteiger partial charge on any atom is 0.308 e. The van der Waals surface area contributed by atoms with Crippen molar-refractivity contribution < 1.29 is 19.1 Å². The van der Waals surface area contributed by atoms with Gasteiger partial charge < -0.3 is 10.4 Å². The summed E-state index contributed by atoms with van der Waals surface area (Å²) < 4.78 is 15.1. The summed E-state index contributed by atoms with van der Waals surface area (Å²) >= 11 is 0. The van der Waals surface area contributed by atoms with Crippen molar-refractivity contribution in [3.8, 4) is 5.69 Å². The second-order valence-electron chi connectivity index (χ2n) is 4.96. The van der Waals surface area contributed by atoms with Gasteiger partial charge in [0, 0.05) is 6.54 Å². The highest BCUT2D eigenvalue weighted by Crippen LogP contribution is 2.17. The number of rotatable bonds is 5. The molecule has 1 aromatic carbocycles. The van der Waals surface area contributed by atoms with Crippen molar-refractivity contribution in [1.82, 2.24) is 15.1 Å². The van der Waals surface area contributed by atoms with Crippen LogP contribution in [0, 0.1) is 18.7 Å². The summed E-state index contributed by atoms with van der Waals surface area (Å²) in [5.41, 5.74) is 1.00. The lowest BCUT2D eigenvalue weighted by Gasteiger charge is -2.09. The van der Waals surface area contributed by atoms with E-state index in [9.17, 15) is 14.0 Å². The molecule has 2 N–H and O–H groups in total. The Morgan fingerprint density at radius 1 is 1.41 bits per heavy atom. The number of nitrogens with one attached hydrogen (secondary N) is 1.